The Kier molecular flexibility index (Phi) is 5.60. The molecule has 0 aliphatic heterocycles. The lowest BCUT2D eigenvalue weighted by molar-refractivity contribution is -0.114. The van der Waals surface area contributed by atoms with E-state index in [1.165, 1.54) is 0 Å². The number of alkyl halides is 2. The normalized spacial score (nSPS) is 10.1. The van der Waals surface area contributed by atoms with Gasteiger partial charge in [-0.25, -0.2) is 4.79 Å². The van der Waals surface area contributed by atoms with E-state index in [9.17, 15) is 9.59 Å². The monoisotopic (exact) mass is 320 g/mol. The molecular formula is C11H10Cl2N2O3S. The van der Waals surface area contributed by atoms with Crippen LogP contribution in [0.3, 0.4) is 0 Å². The number of rotatable bonds is 4. The molecule has 8 heteroatoms. The molecule has 0 spiro atoms. The third-order valence-corrected chi connectivity index (χ3v) is 3.74. The third kappa shape index (κ3) is 3.60. The zero-order valence-corrected chi connectivity index (χ0v) is 12.4. The molecule has 1 aromatic heterocycles. The first kappa shape index (κ1) is 15.8. The van der Waals surface area contributed by atoms with E-state index < -0.39 is 16.7 Å². The van der Waals surface area contributed by atoms with Crippen LogP contribution in [0.15, 0.2) is 0 Å². The number of nitrogens with zero attached hydrogens (tertiary/aromatic N) is 1. The van der Waals surface area contributed by atoms with Crippen molar-refractivity contribution in [3.8, 4) is 6.07 Å². The van der Waals surface area contributed by atoms with E-state index >= 15 is 0 Å². The Morgan fingerprint density at radius 1 is 1.53 bits per heavy atom. The van der Waals surface area contributed by atoms with Gasteiger partial charge in [0.2, 0.25) is 0 Å². The Balaban J connectivity index is 3.13. The molecule has 0 fully saturated rings. The van der Waals surface area contributed by atoms with Crippen molar-refractivity contribution < 1.29 is 14.3 Å². The van der Waals surface area contributed by atoms with Crippen LogP contribution < -0.4 is 5.32 Å². The largest absolute Gasteiger partial charge is 0.462 e. The number of amides is 1. The zero-order valence-electron chi connectivity index (χ0n) is 10.1. The van der Waals surface area contributed by atoms with Gasteiger partial charge in [-0.05, 0) is 19.4 Å². The lowest BCUT2D eigenvalue weighted by atomic mass is 10.2. The summed E-state index contributed by atoms with van der Waals surface area (Å²) in [6.07, 6.45) is 0. The van der Waals surface area contributed by atoms with E-state index in [-0.39, 0.29) is 22.0 Å². The Morgan fingerprint density at radius 3 is 2.63 bits per heavy atom. The number of carbonyl (C=O) groups excluding carboxylic acids is 2. The van der Waals surface area contributed by atoms with E-state index in [0.717, 1.165) is 11.3 Å². The number of hydrogen-bond donors (Lipinski definition) is 1. The number of anilines is 1. The number of halogens is 2. The predicted octanol–water partition coefficient (Wildman–Crippen LogP) is 2.85. The number of nitriles is 1. The van der Waals surface area contributed by atoms with Gasteiger partial charge >= 0.3 is 5.97 Å². The van der Waals surface area contributed by atoms with Crippen molar-refractivity contribution >= 4 is 51.4 Å². The lowest BCUT2D eigenvalue weighted by Crippen LogP contribution is -2.18. The van der Waals surface area contributed by atoms with Crippen molar-refractivity contribution in [3.05, 3.63) is 16.0 Å². The number of ether oxygens (including phenoxy) is 1. The first-order chi connectivity index (χ1) is 8.92. The van der Waals surface area contributed by atoms with Crippen molar-refractivity contribution in [2.24, 2.45) is 0 Å². The van der Waals surface area contributed by atoms with Gasteiger partial charge in [0.05, 0.1) is 12.2 Å². The molecule has 5 nitrogen and oxygen atoms in total. The molecule has 19 heavy (non-hydrogen) atoms. The molecule has 0 saturated heterocycles. The Labute approximate surface area is 124 Å². The van der Waals surface area contributed by atoms with Gasteiger partial charge in [0.25, 0.3) is 5.91 Å². The van der Waals surface area contributed by atoms with Crippen molar-refractivity contribution in [3.63, 3.8) is 0 Å². The number of hydrogen-bond acceptors (Lipinski definition) is 5. The second-order valence-electron chi connectivity index (χ2n) is 3.38. The molecule has 1 aromatic rings. The molecule has 1 amide bonds. The summed E-state index contributed by atoms with van der Waals surface area (Å²) in [4.78, 5) is 22.1. The Bertz CT molecular complexity index is 549. The quantitative estimate of drug-likeness (QED) is 0.683. The maximum Gasteiger partial charge on any atom is 0.348 e. The van der Waals surface area contributed by atoms with Crippen LogP contribution in [0.2, 0.25) is 0 Å². The topological polar surface area (TPSA) is 79.2 Å². The summed E-state index contributed by atoms with van der Waals surface area (Å²) in [6.45, 7) is 3.52. The fraction of sp³-hybridized carbons (Fsp3) is 0.364. The van der Waals surface area contributed by atoms with Gasteiger partial charge in [-0.3, -0.25) is 4.79 Å². The first-order valence-electron chi connectivity index (χ1n) is 5.22. The second-order valence-corrected chi connectivity index (χ2v) is 5.50. The number of carbonyl (C=O) groups is 2. The van der Waals surface area contributed by atoms with Crippen LogP contribution in [-0.4, -0.2) is 23.3 Å². The minimum Gasteiger partial charge on any atom is -0.462 e. The van der Waals surface area contributed by atoms with Crippen LogP contribution in [-0.2, 0) is 9.53 Å². The van der Waals surface area contributed by atoms with Crippen LogP contribution in [0.5, 0.6) is 0 Å². The summed E-state index contributed by atoms with van der Waals surface area (Å²) >= 11 is 11.8. The average Bonchev–Trinajstić information content (AvgIpc) is 2.65. The fourth-order valence-electron chi connectivity index (χ4n) is 1.29. The van der Waals surface area contributed by atoms with Gasteiger partial charge in [-0.2, -0.15) is 5.26 Å². The van der Waals surface area contributed by atoms with E-state index in [1.807, 2.05) is 6.07 Å². The first-order valence-corrected chi connectivity index (χ1v) is 6.90. The molecule has 1 N–H and O–H groups in total. The van der Waals surface area contributed by atoms with Crippen LogP contribution in [0.1, 0.15) is 27.7 Å². The highest BCUT2D eigenvalue weighted by Crippen LogP contribution is 2.33. The van der Waals surface area contributed by atoms with Gasteiger partial charge in [0.1, 0.15) is 15.9 Å². The summed E-state index contributed by atoms with van der Waals surface area (Å²) in [7, 11) is 0. The maximum atomic E-state index is 11.7. The highest BCUT2D eigenvalue weighted by Gasteiger charge is 2.23. The molecule has 0 bridgehead atoms. The molecule has 0 aliphatic rings. The van der Waals surface area contributed by atoms with E-state index in [2.05, 4.69) is 5.32 Å². The minimum atomic E-state index is -1.25. The summed E-state index contributed by atoms with van der Waals surface area (Å²) < 4.78 is 4.87. The van der Waals surface area contributed by atoms with Crippen molar-refractivity contribution in [2.45, 2.75) is 18.7 Å². The SMILES string of the molecule is CCOC(=O)c1sc(NC(=O)C(Cl)Cl)c(C#N)c1C. The summed E-state index contributed by atoms with van der Waals surface area (Å²) in [6, 6.07) is 1.93. The molecule has 0 radical (unpaired) electrons. The molecule has 1 rings (SSSR count). The molecule has 0 saturated carbocycles. The fourth-order valence-corrected chi connectivity index (χ4v) is 2.46. The molecule has 102 valence electrons. The zero-order chi connectivity index (χ0) is 14.6. The highest BCUT2D eigenvalue weighted by molar-refractivity contribution is 7.18. The minimum absolute atomic E-state index is 0.204. The van der Waals surface area contributed by atoms with Crippen LogP contribution in [0.4, 0.5) is 5.00 Å². The van der Waals surface area contributed by atoms with Gasteiger partial charge < -0.3 is 10.1 Å². The van der Waals surface area contributed by atoms with Gasteiger partial charge in [-0.1, -0.05) is 23.2 Å². The second kappa shape index (κ2) is 6.75. The number of esters is 1. The molecule has 0 aliphatic carbocycles. The standard InChI is InChI=1S/C11H10Cl2N2O3S/c1-3-18-11(17)7-5(2)6(4-14)10(19-7)15-9(16)8(12)13/h8H,3H2,1-2H3,(H,15,16). The average molecular weight is 321 g/mol. The van der Waals surface area contributed by atoms with E-state index in [1.54, 1.807) is 13.8 Å². The smallest absolute Gasteiger partial charge is 0.348 e. The summed E-state index contributed by atoms with van der Waals surface area (Å²) in [5.41, 5.74) is 0.664. The Morgan fingerprint density at radius 2 is 2.16 bits per heavy atom. The molecule has 0 unspecified atom stereocenters. The summed E-state index contributed by atoms with van der Waals surface area (Å²) in [5.74, 6) is -1.19. The molecule has 0 aromatic carbocycles. The van der Waals surface area contributed by atoms with Crippen molar-refractivity contribution in [1.82, 2.24) is 0 Å². The van der Waals surface area contributed by atoms with Gasteiger partial charge in [0, 0.05) is 0 Å². The third-order valence-electron chi connectivity index (χ3n) is 2.15. The maximum absolute atomic E-state index is 11.7. The van der Waals surface area contributed by atoms with Gasteiger partial charge in [0.15, 0.2) is 4.84 Å². The van der Waals surface area contributed by atoms with Crippen LogP contribution in [0.25, 0.3) is 0 Å². The van der Waals surface area contributed by atoms with Crippen LogP contribution in [0, 0.1) is 18.3 Å². The molecular weight excluding hydrogens is 311 g/mol. The highest BCUT2D eigenvalue weighted by atomic mass is 35.5. The number of nitrogens with one attached hydrogen (secondary N) is 1. The predicted molar refractivity (Wildman–Crippen MR) is 73.9 cm³/mol. The van der Waals surface area contributed by atoms with Crippen molar-refractivity contribution in [2.75, 3.05) is 11.9 Å². The summed E-state index contributed by atoms with van der Waals surface area (Å²) in [5, 5.41) is 11.7. The van der Waals surface area contributed by atoms with Crippen molar-refractivity contribution in [1.29, 1.82) is 5.26 Å². The van der Waals surface area contributed by atoms with Crippen LogP contribution >= 0.6 is 34.5 Å². The lowest BCUT2D eigenvalue weighted by Gasteiger charge is -2.02. The van der Waals surface area contributed by atoms with E-state index in [0.29, 0.717) is 5.56 Å². The molecule has 0 atom stereocenters. The molecule has 1 heterocycles. The number of thiophene rings is 1. The van der Waals surface area contributed by atoms with E-state index in [4.69, 9.17) is 33.2 Å². The van der Waals surface area contributed by atoms with Gasteiger partial charge in [-0.15, -0.1) is 11.3 Å². The Hall–Kier alpha value is -1.29.